The summed E-state index contributed by atoms with van der Waals surface area (Å²) < 4.78 is 10.7. The van der Waals surface area contributed by atoms with E-state index in [1.54, 1.807) is 14.2 Å². The Labute approximate surface area is 101 Å². The van der Waals surface area contributed by atoms with Crippen LogP contribution in [0.2, 0.25) is 0 Å². The van der Waals surface area contributed by atoms with Gasteiger partial charge in [-0.05, 0) is 23.3 Å². The Hall–Kier alpha value is -1.74. The largest absolute Gasteiger partial charge is 0.493 e. The summed E-state index contributed by atoms with van der Waals surface area (Å²) in [6.45, 7) is 0.0908. The zero-order valence-electron chi connectivity index (χ0n) is 10.1. The molecule has 0 aliphatic carbocycles. The van der Waals surface area contributed by atoms with Gasteiger partial charge < -0.3 is 14.6 Å². The Balaban J connectivity index is 2.75. The third-order valence-electron chi connectivity index (χ3n) is 2.86. The second-order valence-electron chi connectivity index (χ2n) is 3.79. The second kappa shape index (κ2) is 5.06. The fraction of sp³-hybridized carbons (Fsp3) is 0.286. The number of aliphatic hydroxyl groups excluding tert-OH is 1. The van der Waals surface area contributed by atoms with Crippen LogP contribution < -0.4 is 9.47 Å². The van der Waals surface area contributed by atoms with Gasteiger partial charge in [0.05, 0.1) is 14.2 Å². The van der Waals surface area contributed by atoms with E-state index in [9.17, 15) is 0 Å². The van der Waals surface area contributed by atoms with Gasteiger partial charge in [0.1, 0.15) is 0 Å². The van der Waals surface area contributed by atoms with Crippen molar-refractivity contribution in [2.75, 3.05) is 20.8 Å². The highest BCUT2D eigenvalue weighted by molar-refractivity contribution is 5.90. The molecule has 0 heterocycles. The zero-order valence-corrected chi connectivity index (χ0v) is 10.1. The Kier molecular flexibility index (Phi) is 3.49. The van der Waals surface area contributed by atoms with Crippen molar-refractivity contribution in [3.8, 4) is 11.5 Å². The minimum absolute atomic E-state index is 0.0908. The highest BCUT2D eigenvalue weighted by atomic mass is 16.5. The molecule has 3 heteroatoms. The lowest BCUT2D eigenvalue weighted by Gasteiger charge is -2.15. The predicted octanol–water partition coefficient (Wildman–Crippen LogP) is 2.39. The summed E-state index contributed by atoms with van der Waals surface area (Å²) in [5, 5.41) is 11.4. The van der Waals surface area contributed by atoms with Crippen LogP contribution in [0.5, 0.6) is 11.5 Å². The van der Waals surface area contributed by atoms with Crippen LogP contribution in [0.3, 0.4) is 0 Å². The van der Waals surface area contributed by atoms with E-state index in [0.29, 0.717) is 17.9 Å². The standard InChI is InChI=1S/C14H16O3/c1-16-13-9-10-5-3-4-6-11(10)12(7-8-15)14(13)17-2/h3-6,9,15H,7-8H2,1-2H3. The Morgan fingerprint density at radius 3 is 2.53 bits per heavy atom. The van der Waals surface area contributed by atoms with Crippen LogP contribution in [-0.4, -0.2) is 25.9 Å². The van der Waals surface area contributed by atoms with Crippen molar-refractivity contribution in [1.29, 1.82) is 0 Å². The van der Waals surface area contributed by atoms with Crippen molar-refractivity contribution >= 4 is 10.8 Å². The van der Waals surface area contributed by atoms with Crippen LogP contribution >= 0.6 is 0 Å². The lowest BCUT2D eigenvalue weighted by atomic mass is 10.0. The van der Waals surface area contributed by atoms with Gasteiger partial charge in [0.25, 0.3) is 0 Å². The molecule has 0 aliphatic rings. The number of ether oxygens (including phenoxy) is 2. The van der Waals surface area contributed by atoms with Crippen molar-refractivity contribution in [3.63, 3.8) is 0 Å². The molecule has 0 spiro atoms. The minimum atomic E-state index is 0.0908. The number of aliphatic hydroxyl groups is 1. The number of benzene rings is 2. The SMILES string of the molecule is COc1cc2ccccc2c(CCO)c1OC. The van der Waals surface area contributed by atoms with Gasteiger partial charge in [-0.1, -0.05) is 24.3 Å². The number of fused-ring (bicyclic) bond motifs is 1. The van der Waals surface area contributed by atoms with Crippen LogP contribution in [0.1, 0.15) is 5.56 Å². The van der Waals surface area contributed by atoms with Gasteiger partial charge in [0, 0.05) is 12.2 Å². The molecular weight excluding hydrogens is 216 g/mol. The predicted molar refractivity (Wildman–Crippen MR) is 67.8 cm³/mol. The highest BCUT2D eigenvalue weighted by Gasteiger charge is 2.13. The molecule has 0 fully saturated rings. The summed E-state index contributed by atoms with van der Waals surface area (Å²) in [4.78, 5) is 0. The van der Waals surface area contributed by atoms with Crippen molar-refractivity contribution < 1.29 is 14.6 Å². The van der Waals surface area contributed by atoms with Gasteiger partial charge in [-0.3, -0.25) is 0 Å². The maximum absolute atomic E-state index is 9.17. The zero-order chi connectivity index (χ0) is 12.3. The molecular formula is C14H16O3. The topological polar surface area (TPSA) is 38.7 Å². The maximum atomic E-state index is 9.17. The number of rotatable bonds is 4. The summed E-state index contributed by atoms with van der Waals surface area (Å²) in [6, 6.07) is 9.97. The van der Waals surface area contributed by atoms with E-state index in [-0.39, 0.29) is 6.61 Å². The van der Waals surface area contributed by atoms with E-state index in [2.05, 4.69) is 0 Å². The van der Waals surface area contributed by atoms with Crippen LogP contribution in [0, 0.1) is 0 Å². The Morgan fingerprint density at radius 2 is 1.88 bits per heavy atom. The molecule has 3 nitrogen and oxygen atoms in total. The maximum Gasteiger partial charge on any atom is 0.164 e. The van der Waals surface area contributed by atoms with Gasteiger partial charge >= 0.3 is 0 Å². The summed E-state index contributed by atoms with van der Waals surface area (Å²) in [6.07, 6.45) is 0.556. The van der Waals surface area contributed by atoms with E-state index in [0.717, 1.165) is 16.3 Å². The molecule has 0 aliphatic heterocycles. The molecule has 0 saturated carbocycles. The lowest BCUT2D eigenvalue weighted by molar-refractivity contribution is 0.295. The summed E-state index contributed by atoms with van der Waals surface area (Å²) in [7, 11) is 3.24. The van der Waals surface area contributed by atoms with E-state index in [1.165, 1.54) is 0 Å². The van der Waals surface area contributed by atoms with Crippen LogP contribution in [0.4, 0.5) is 0 Å². The van der Waals surface area contributed by atoms with E-state index in [1.807, 2.05) is 30.3 Å². The molecule has 0 amide bonds. The van der Waals surface area contributed by atoms with Gasteiger partial charge in [0.15, 0.2) is 11.5 Å². The lowest BCUT2D eigenvalue weighted by Crippen LogP contribution is -2.00. The smallest absolute Gasteiger partial charge is 0.164 e. The molecule has 1 N–H and O–H groups in total. The number of hydrogen-bond donors (Lipinski definition) is 1. The molecule has 0 radical (unpaired) electrons. The van der Waals surface area contributed by atoms with E-state index < -0.39 is 0 Å². The molecule has 90 valence electrons. The summed E-state index contributed by atoms with van der Waals surface area (Å²) in [5.41, 5.74) is 0.991. The molecule has 0 aromatic heterocycles. The Morgan fingerprint density at radius 1 is 1.12 bits per heavy atom. The van der Waals surface area contributed by atoms with E-state index in [4.69, 9.17) is 14.6 Å². The second-order valence-corrected chi connectivity index (χ2v) is 3.79. The van der Waals surface area contributed by atoms with E-state index >= 15 is 0 Å². The monoisotopic (exact) mass is 232 g/mol. The molecule has 2 aromatic rings. The fourth-order valence-corrected chi connectivity index (χ4v) is 2.11. The first kappa shape index (κ1) is 11.7. The van der Waals surface area contributed by atoms with Gasteiger partial charge in [0.2, 0.25) is 0 Å². The molecule has 17 heavy (non-hydrogen) atoms. The number of methoxy groups -OCH3 is 2. The van der Waals surface area contributed by atoms with Gasteiger partial charge in [-0.25, -0.2) is 0 Å². The van der Waals surface area contributed by atoms with Crippen molar-refractivity contribution in [2.24, 2.45) is 0 Å². The first-order valence-corrected chi connectivity index (χ1v) is 5.55. The highest BCUT2D eigenvalue weighted by Crippen LogP contribution is 2.37. The molecule has 0 bridgehead atoms. The summed E-state index contributed by atoms with van der Waals surface area (Å²) in [5.74, 6) is 1.41. The normalized spacial score (nSPS) is 10.5. The third kappa shape index (κ3) is 2.06. The fourth-order valence-electron chi connectivity index (χ4n) is 2.11. The molecule has 2 rings (SSSR count). The molecule has 0 atom stereocenters. The third-order valence-corrected chi connectivity index (χ3v) is 2.86. The van der Waals surface area contributed by atoms with Crippen molar-refractivity contribution in [3.05, 3.63) is 35.9 Å². The molecule has 0 unspecified atom stereocenters. The van der Waals surface area contributed by atoms with Crippen LogP contribution in [0.25, 0.3) is 10.8 Å². The molecule has 0 saturated heterocycles. The van der Waals surface area contributed by atoms with Crippen molar-refractivity contribution in [1.82, 2.24) is 0 Å². The first-order valence-electron chi connectivity index (χ1n) is 5.55. The number of hydrogen-bond acceptors (Lipinski definition) is 3. The summed E-state index contributed by atoms with van der Waals surface area (Å²) >= 11 is 0. The van der Waals surface area contributed by atoms with Gasteiger partial charge in [-0.2, -0.15) is 0 Å². The van der Waals surface area contributed by atoms with Crippen LogP contribution in [-0.2, 0) is 6.42 Å². The van der Waals surface area contributed by atoms with Crippen molar-refractivity contribution in [2.45, 2.75) is 6.42 Å². The minimum Gasteiger partial charge on any atom is -0.493 e. The quantitative estimate of drug-likeness (QED) is 0.879. The molecule has 2 aromatic carbocycles. The van der Waals surface area contributed by atoms with Crippen LogP contribution in [0.15, 0.2) is 30.3 Å². The van der Waals surface area contributed by atoms with Gasteiger partial charge in [-0.15, -0.1) is 0 Å². The average Bonchev–Trinajstić information content (AvgIpc) is 2.38. The average molecular weight is 232 g/mol. The first-order chi connectivity index (χ1) is 8.31. The Bertz CT molecular complexity index is 520.